The average molecular weight is 330 g/mol. The van der Waals surface area contributed by atoms with Gasteiger partial charge >= 0.3 is 0 Å². The van der Waals surface area contributed by atoms with Crippen molar-refractivity contribution in [1.29, 1.82) is 5.26 Å². The Bertz CT molecular complexity index is 987. The lowest BCUT2D eigenvalue weighted by atomic mass is 9.90. The molecule has 3 heteroatoms. The lowest BCUT2D eigenvalue weighted by Crippen LogP contribution is -2.31. The Labute approximate surface area is 143 Å². The fraction of sp³-hybridized carbons (Fsp3) is 0.0952. The van der Waals surface area contributed by atoms with Crippen molar-refractivity contribution in [2.24, 2.45) is 5.92 Å². The first kappa shape index (κ1) is 14.9. The van der Waals surface area contributed by atoms with Crippen LogP contribution in [0.15, 0.2) is 76.6 Å². The SMILES string of the molecule is Cc1ccc([SH+]2=C3C=CC=CC3C(=O)c3cc(C#N)ccc32)cc1. The fourth-order valence-electron chi connectivity index (χ4n) is 3.25. The molecule has 1 aliphatic carbocycles. The van der Waals surface area contributed by atoms with Crippen LogP contribution in [0.1, 0.15) is 21.5 Å². The van der Waals surface area contributed by atoms with Gasteiger partial charge in [-0.25, -0.2) is 0 Å². The molecule has 0 aromatic heterocycles. The monoisotopic (exact) mass is 330 g/mol. The second-order valence-corrected chi connectivity index (χ2v) is 8.21. The van der Waals surface area contributed by atoms with Crippen LogP contribution in [0.25, 0.3) is 0 Å². The third-order valence-electron chi connectivity index (χ3n) is 4.47. The molecule has 0 bridgehead atoms. The first-order chi connectivity index (χ1) is 11.7. The highest BCUT2D eigenvalue weighted by atomic mass is 32.2. The standard InChI is InChI=1S/C21H15NOS/c1-14-6-9-16(10-7-14)24-19-5-3-2-4-17(19)21(23)18-12-15(13-22)8-11-20(18)24/h2-12,17H,1H3/p+1. The van der Waals surface area contributed by atoms with E-state index in [-0.39, 0.29) is 11.7 Å². The second-order valence-electron chi connectivity index (χ2n) is 6.03. The zero-order valence-electron chi connectivity index (χ0n) is 13.2. The summed E-state index contributed by atoms with van der Waals surface area (Å²) in [5, 5.41) is 9.18. The third-order valence-corrected chi connectivity index (χ3v) is 7.10. The number of benzene rings is 2. The highest BCUT2D eigenvalue weighted by Crippen LogP contribution is 2.33. The van der Waals surface area contributed by atoms with Crippen molar-refractivity contribution in [3.05, 3.63) is 83.5 Å². The van der Waals surface area contributed by atoms with Crippen molar-refractivity contribution in [3.8, 4) is 6.07 Å². The molecule has 2 aliphatic rings. The van der Waals surface area contributed by atoms with E-state index < -0.39 is 10.5 Å². The molecule has 116 valence electrons. The Morgan fingerprint density at radius 1 is 1.08 bits per heavy atom. The van der Waals surface area contributed by atoms with Crippen LogP contribution in [-0.2, 0) is 10.5 Å². The molecule has 1 heterocycles. The van der Waals surface area contributed by atoms with Crippen LogP contribution in [0.3, 0.4) is 0 Å². The average Bonchev–Trinajstić information content (AvgIpc) is 2.63. The lowest BCUT2D eigenvalue weighted by Gasteiger charge is -2.23. The Hall–Kier alpha value is -2.70. The van der Waals surface area contributed by atoms with Gasteiger partial charge in [-0.1, -0.05) is 46.4 Å². The number of rotatable bonds is 1. The maximum absolute atomic E-state index is 12.9. The van der Waals surface area contributed by atoms with Gasteiger partial charge in [0.2, 0.25) is 0 Å². The van der Waals surface area contributed by atoms with Crippen molar-refractivity contribution in [2.75, 3.05) is 0 Å². The van der Waals surface area contributed by atoms with Crippen LogP contribution in [0.2, 0.25) is 0 Å². The molecule has 2 atom stereocenters. The van der Waals surface area contributed by atoms with Crippen molar-refractivity contribution in [1.82, 2.24) is 0 Å². The number of hydrogen-bond donors (Lipinski definition) is 0. The van der Waals surface area contributed by atoms with Crippen molar-refractivity contribution >= 4 is 21.1 Å². The number of thiol groups is 1. The van der Waals surface area contributed by atoms with Gasteiger partial charge in [0.15, 0.2) is 5.78 Å². The zero-order chi connectivity index (χ0) is 16.7. The molecular formula is C21H16NOS+. The summed E-state index contributed by atoms with van der Waals surface area (Å²) in [5.74, 6) is -0.104. The molecule has 0 N–H and O–H groups in total. The predicted octanol–water partition coefficient (Wildman–Crippen LogP) is 3.75. The van der Waals surface area contributed by atoms with Crippen LogP contribution in [0.4, 0.5) is 0 Å². The summed E-state index contributed by atoms with van der Waals surface area (Å²) in [5.41, 5.74) is 2.47. The largest absolute Gasteiger partial charge is 0.293 e. The minimum absolute atomic E-state index is 0.101. The maximum atomic E-state index is 12.9. The van der Waals surface area contributed by atoms with E-state index in [0.717, 1.165) is 4.90 Å². The molecule has 4 rings (SSSR count). The number of carbonyl (C=O) groups excluding carboxylic acids is 1. The van der Waals surface area contributed by atoms with Gasteiger partial charge in [0.25, 0.3) is 0 Å². The van der Waals surface area contributed by atoms with Gasteiger partial charge in [-0.15, -0.1) is 0 Å². The van der Waals surface area contributed by atoms with E-state index in [9.17, 15) is 10.1 Å². The first-order valence-electron chi connectivity index (χ1n) is 7.86. The van der Waals surface area contributed by atoms with Gasteiger partial charge in [0, 0.05) is 0 Å². The van der Waals surface area contributed by atoms with Crippen molar-refractivity contribution < 1.29 is 4.79 Å². The van der Waals surface area contributed by atoms with Gasteiger partial charge < -0.3 is 0 Å². The Morgan fingerprint density at radius 2 is 1.88 bits per heavy atom. The Balaban J connectivity index is 2.03. The number of hydrogen-bond acceptors (Lipinski definition) is 2. The molecule has 1 aliphatic heterocycles. The van der Waals surface area contributed by atoms with E-state index in [4.69, 9.17) is 0 Å². The maximum Gasteiger partial charge on any atom is 0.183 e. The molecule has 0 saturated carbocycles. The number of ketones is 1. The minimum Gasteiger partial charge on any atom is -0.293 e. The lowest BCUT2D eigenvalue weighted by molar-refractivity contribution is 0.0969. The quantitative estimate of drug-likeness (QED) is 0.454. The van der Waals surface area contributed by atoms with Crippen LogP contribution in [0.5, 0.6) is 0 Å². The number of aryl methyl sites for hydroxylation is 1. The first-order valence-corrected chi connectivity index (χ1v) is 9.20. The molecule has 2 aromatic carbocycles. The van der Waals surface area contributed by atoms with Crippen LogP contribution < -0.4 is 0 Å². The summed E-state index contributed by atoms with van der Waals surface area (Å²) < 4.78 is 0. The summed E-state index contributed by atoms with van der Waals surface area (Å²) in [6.07, 6.45) is 8.02. The van der Waals surface area contributed by atoms with E-state index in [0.29, 0.717) is 11.1 Å². The third kappa shape index (κ3) is 2.28. The Morgan fingerprint density at radius 3 is 2.62 bits per heavy atom. The summed E-state index contributed by atoms with van der Waals surface area (Å²) in [4.78, 5) is 16.4. The minimum atomic E-state index is -0.748. The predicted molar refractivity (Wildman–Crippen MR) is 98.7 cm³/mol. The van der Waals surface area contributed by atoms with Crippen molar-refractivity contribution in [3.63, 3.8) is 0 Å². The van der Waals surface area contributed by atoms with Gasteiger partial charge in [-0.2, -0.15) is 5.26 Å². The molecule has 0 fully saturated rings. The van der Waals surface area contributed by atoms with E-state index in [1.165, 1.54) is 15.3 Å². The number of carbonyl (C=O) groups is 1. The van der Waals surface area contributed by atoms with Crippen LogP contribution >= 0.6 is 0 Å². The van der Waals surface area contributed by atoms with E-state index in [1.807, 2.05) is 30.4 Å². The number of fused-ring (bicyclic) bond motifs is 2. The fourth-order valence-corrected chi connectivity index (χ4v) is 5.91. The van der Waals surface area contributed by atoms with E-state index >= 15 is 0 Å². The summed E-state index contributed by atoms with van der Waals surface area (Å²) in [6.45, 7) is 2.08. The molecule has 0 spiro atoms. The van der Waals surface area contributed by atoms with Gasteiger partial charge in [-0.05, 0) is 43.3 Å². The van der Waals surface area contributed by atoms with Gasteiger partial charge in [0.05, 0.1) is 17.2 Å². The number of Topliss-reactive ketones (excluding diaryl/α,β-unsaturated/α-hetero) is 1. The topological polar surface area (TPSA) is 40.9 Å². The van der Waals surface area contributed by atoms with E-state index in [1.54, 1.807) is 6.07 Å². The summed E-state index contributed by atoms with van der Waals surface area (Å²) in [7, 11) is -0.748. The van der Waals surface area contributed by atoms with Crippen LogP contribution in [0, 0.1) is 24.2 Å². The number of allylic oxidation sites excluding steroid dienone is 4. The molecular weight excluding hydrogens is 314 g/mol. The van der Waals surface area contributed by atoms with Crippen LogP contribution in [-0.4, -0.2) is 10.6 Å². The van der Waals surface area contributed by atoms with Crippen molar-refractivity contribution in [2.45, 2.75) is 16.7 Å². The normalized spacial score (nSPS) is 21.2. The molecule has 0 saturated heterocycles. The van der Waals surface area contributed by atoms with Gasteiger partial charge in [0.1, 0.15) is 20.6 Å². The highest BCUT2D eigenvalue weighted by Gasteiger charge is 2.37. The second kappa shape index (κ2) is 5.74. The molecule has 2 nitrogen and oxygen atoms in total. The molecule has 0 amide bonds. The molecule has 24 heavy (non-hydrogen) atoms. The molecule has 2 aromatic rings. The summed E-state index contributed by atoms with van der Waals surface area (Å²) >= 11 is 0. The molecule has 2 unspecified atom stereocenters. The smallest absolute Gasteiger partial charge is 0.183 e. The summed E-state index contributed by atoms with van der Waals surface area (Å²) in [6, 6.07) is 16.2. The number of nitriles is 1. The number of nitrogens with zero attached hydrogens (tertiary/aromatic N) is 1. The molecule has 0 radical (unpaired) electrons. The van der Waals surface area contributed by atoms with Gasteiger partial charge in [-0.3, -0.25) is 4.79 Å². The Kier molecular flexibility index (Phi) is 3.55. The highest BCUT2D eigenvalue weighted by molar-refractivity contribution is 7.97. The van der Waals surface area contributed by atoms with E-state index in [2.05, 4.69) is 43.3 Å². The zero-order valence-corrected chi connectivity index (χ0v) is 14.1.